The van der Waals surface area contributed by atoms with E-state index in [9.17, 15) is 0 Å². The Morgan fingerprint density at radius 2 is 1.27 bits per heavy atom. The van der Waals surface area contributed by atoms with Crippen LogP contribution in [0, 0.1) is 0 Å². The summed E-state index contributed by atoms with van der Waals surface area (Å²) in [6, 6.07) is 16.2. The van der Waals surface area contributed by atoms with Crippen molar-refractivity contribution in [3.8, 4) is 11.5 Å². The average Bonchev–Trinajstić information content (AvgIpc) is 2.58. The first-order valence-electron chi connectivity index (χ1n) is 7.44. The molecule has 0 bridgehead atoms. The van der Waals surface area contributed by atoms with Crippen LogP contribution >= 0.6 is 0 Å². The summed E-state index contributed by atoms with van der Waals surface area (Å²) in [5, 5.41) is 6.90. The lowest BCUT2D eigenvalue weighted by molar-refractivity contribution is 0.411. The number of rotatable bonds is 8. The zero-order valence-corrected chi connectivity index (χ0v) is 13.4. The van der Waals surface area contributed by atoms with Crippen molar-refractivity contribution >= 4 is 0 Å². The first-order valence-corrected chi connectivity index (χ1v) is 7.44. The van der Waals surface area contributed by atoms with Gasteiger partial charge in [0.15, 0.2) is 0 Å². The Morgan fingerprint density at radius 3 is 1.68 bits per heavy atom. The van der Waals surface area contributed by atoms with E-state index in [1.54, 1.807) is 14.2 Å². The zero-order chi connectivity index (χ0) is 15.8. The van der Waals surface area contributed by atoms with Gasteiger partial charge in [0.25, 0.3) is 0 Å². The molecule has 4 nitrogen and oxygen atoms in total. The quantitative estimate of drug-likeness (QED) is 0.736. The summed E-state index contributed by atoms with van der Waals surface area (Å²) in [6.45, 7) is 3.70. The largest absolute Gasteiger partial charge is 0.497 e. The van der Waals surface area contributed by atoms with Crippen LogP contribution in [0.1, 0.15) is 18.1 Å². The second kappa shape index (κ2) is 8.41. The SMILES string of the molecule is COc1cccc(CNC(C)NCc2cccc(OC)c2)c1. The van der Waals surface area contributed by atoms with Crippen LogP contribution in [-0.2, 0) is 13.1 Å². The van der Waals surface area contributed by atoms with Crippen molar-refractivity contribution in [2.24, 2.45) is 0 Å². The van der Waals surface area contributed by atoms with Gasteiger partial charge in [0.05, 0.1) is 20.4 Å². The van der Waals surface area contributed by atoms with Gasteiger partial charge in [0, 0.05) is 13.1 Å². The van der Waals surface area contributed by atoms with Gasteiger partial charge in [0.1, 0.15) is 11.5 Å². The Balaban J connectivity index is 1.78. The fourth-order valence-electron chi connectivity index (χ4n) is 2.18. The first-order chi connectivity index (χ1) is 10.7. The Morgan fingerprint density at radius 1 is 0.818 bits per heavy atom. The summed E-state index contributed by atoms with van der Waals surface area (Å²) in [7, 11) is 3.37. The molecule has 2 rings (SSSR count). The lowest BCUT2D eigenvalue weighted by atomic mass is 10.2. The van der Waals surface area contributed by atoms with Gasteiger partial charge in [-0.2, -0.15) is 0 Å². The van der Waals surface area contributed by atoms with Gasteiger partial charge in [0.2, 0.25) is 0 Å². The molecule has 4 heteroatoms. The number of ether oxygens (including phenoxy) is 2. The van der Waals surface area contributed by atoms with Crippen LogP contribution in [-0.4, -0.2) is 20.4 Å². The summed E-state index contributed by atoms with van der Waals surface area (Å²) in [4.78, 5) is 0. The van der Waals surface area contributed by atoms with Crippen LogP contribution in [0.15, 0.2) is 48.5 Å². The summed E-state index contributed by atoms with van der Waals surface area (Å²) < 4.78 is 10.5. The molecule has 0 saturated heterocycles. The van der Waals surface area contributed by atoms with Gasteiger partial charge < -0.3 is 9.47 Å². The molecule has 22 heavy (non-hydrogen) atoms. The van der Waals surface area contributed by atoms with E-state index in [1.165, 1.54) is 11.1 Å². The third kappa shape index (κ3) is 5.06. The minimum atomic E-state index is 0.206. The lowest BCUT2D eigenvalue weighted by Crippen LogP contribution is -2.38. The number of hydrogen-bond donors (Lipinski definition) is 2. The molecule has 2 N–H and O–H groups in total. The van der Waals surface area contributed by atoms with Crippen LogP contribution in [0.4, 0.5) is 0 Å². The highest BCUT2D eigenvalue weighted by Gasteiger charge is 2.03. The molecular weight excluding hydrogens is 276 g/mol. The van der Waals surface area contributed by atoms with Gasteiger partial charge in [-0.15, -0.1) is 0 Å². The average molecular weight is 300 g/mol. The molecule has 0 fully saturated rings. The zero-order valence-electron chi connectivity index (χ0n) is 13.4. The minimum absolute atomic E-state index is 0.206. The predicted molar refractivity (Wildman–Crippen MR) is 89.1 cm³/mol. The lowest BCUT2D eigenvalue weighted by Gasteiger charge is -2.16. The third-order valence-electron chi connectivity index (χ3n) is 3.49. The molecule has 118 valence electrons. The van der Waals surface area contributed by atoms with E-state index >= 15 is 0 Å². The maximum absolute atomic E-state index is 5.23. The highest BCUT2D eigenvalue weighted by atomic mass is 16.5. The molecule has 0 aromatic heterocycles. The van der Waals surface area contributed by atoms with Crippen LogP contribution in [0.3, 0.4) is 0 Å². The van der Waals surface area contributed by atoms with Crippen molar-refractivity contribution in [2.75, 3.05) is 14.2 Å². The topological polar surface area (TPSA) is 42.5 Å². The molecule has 0 aliphatic rings. The Kier molecular flexibility index (Phi) is 6.25. The van der Waals surface area contributed by atoms with Crippen molar-refractivity contribution in [2.45, 2.75) is 26.2 Å². The van der Waals surface area contributed by atoms with E-state index in [-0.39, 0.29) is 6.17 Å². The van der Waals surface area contributed by atoms with Crippen molar-refractivity contribution < 1.29 is 9.47 Å². The van der Waals surface area contributed by atoms with Gasteiger partial charge in [-0.25, -0.2) is 0 Å². The van der Waals surface area contributed by atoms with Crippen LogP contribution < -0.4 is 20.1 Å². The van der Waals surface area contributed by atoms with E-state index in [1.807, 2.05) is 36.4 Å². The molecular formula is C18H24N2O2. The second-order valence-electron chi connectivity index (χ2n) is 5.19. The molecule has 0 heterocycles. The maximum Gasteiger partial charge on any atom is 0.119 e. The van der Waals surface area contributed by atoms with Crippen molar-refractivity contribution in [1.29, 1.82) is 0 Å². The van der Waals surface area contributed by atoms with Crippen molar-refractivity contribution in [3.63, 3.8) is 0 Å². The Labute approximate surface area is 132 Å². The van der Waals surface area contributed by atoms with Gasteiger partial charge >= 0.3 is 0 Å². The highest BCUT2D eigenvalue weighted by molar-refractivity contribution is 5.29. The van der Waals surface area contributed by atoms with E-state index in [0.717, 1.165) is 24.6 Å². The molecule has 0 unspecified atom stereocenters. The molecule has 0 saturated carbocycles. The van der Waals surface area contributed by atoms with E-state index in [2.05, 4.69) is 29.7 Å². The maximum atomic E-state index is 5.23. The molecule has 2 aromatic rings. The summed E-state index contributed by atoms with van der Waals surface area (Å²) >= 11 is 0. The van der Waals surface area contributed by atoms with Gasteiger partial charge in [-0.1, -0.05) is 24.3 Å². The normalized spacial score (nSPS) is 10.7. The summed E-state index contributed by atoms with van der Waals surface area (Å²) in [6.07, 6.45) is 0.206. The highest BCUT2D eigenvalue weighted by Crippen LogP contribution is 2.13. The number of benzene rings is 2. The minimum Gasteiger partial charge on any atom is -0.497 e. The number of hydrogen-bond acceptors (Lipinski definition) is 4. The number of nitrogens with one attached hydrogen (secondary N) is 2. The fraction of sp³-hybridized carbons (Fsp3) is 0.333. The molecule has 0 atom stereocenters. The second-order valence-corrected chi connectivity index (χ2v) is 5.19. The van der Waals surface area contributed by atoms with Crippen molar-refractivity contribution in [3.05, 3.63) is 59.7 Å². The third-order valence-corrected chi connectivity index (χ3v) is 3.49. The predicted octanol–water partition coefficient (Wildman–Crippen LogP) is 2.93. The molecule has 0 aliphatic carbocycles. The van der Waals surface area contributed by atoms with Crippen molar-refractivity contribution in [1.82, 2.24) is 10.6 Å². The number of methoxy groups -OCH3 is 2. The van der Waals surface area contributed by atoms with Crippen LogP contribution in [0.25, 0.3) is 0 Å². The van der Waals surface area contributed by atoms with E-state index < -0.39 is 0 Å². The molecule has 2 aromatic carbocycles. The fourth-order valence-corrected chi connectivity index (χ4v) is 2.18. The Bertz CT molecular complexity index is 535. The monoisotopic (exact) mass is 300 g/mol. The van der Waals surface area contributed by atoms with E-state index in [4.69, 9.17) is 9.47 Å². The summed E-state index contributed by atoms with van der Waals surface area (Å²) in [5.41, 5.74) is 2.41. The van der Waals surface area contributed by atoms with Crippen LogP contribution in [0.5, 0.6) is 11.5 Å². The molecule has 0 spiro atoms. The molecule has 0 radical (unpaired) electrons. The molecule has 0 aliphatic heterocycles. The van der Waals surface area contributed by atoms with Gasteiger partial charge in [-0.3, -0.25) is 10.6 Å². The van der Waals surface area contributed by atoms with Gasteiger partial charge in [-0.05, 0) is 42.3 Å². The van der Waals surface area contributed by atoms with Crippen LogP contribution in [0.2, 0.25) is 0 Å². The molecule has 0 amide bonds. The Hall–Kier alpha value is -2.04. The van der Waals surface area contributed by atoms with E-state index in [0.29, 0.717) is 0 Å². The first kappa shape index (κ1) is 16.3. The standard InChI is InChI=1S/C18H24N2O2/c1-14(19-12-15-6-4-8-17(10-15)21-2)20-13-16-7-5-9-18(11-16)22-3/h4-11,14,19-20H,12-13H2,1-3H3. The summed E-state index contributed by atoms with van der Waals surface area (Å²) in [5.74, 6) is 1.77. The smallest absolute Gasteiger partial charge is 0.119 e.